The summed E-state index contributed by atoms with van der Waals surface area (Å²) in [5, 5.41) is 0. The monoisotopic (exact) mass is 330 g/mol. The zero-order valence-electron chi connectivity index (χ0n) is 14.4. The van der Waals surface area contributed by atoms with Gasteiger partial charge in [0.2, 0.25) is 0 Å². The number of carbonyl (C=O) groups is 3. The van der Waals surface area contributed by atoms with Crippen molar-refractivity contribution in [2.75, 3.05) is 13.2 Å². The minimum absolute atomic E-state index is 0.0704. The SMILES string of the molecule is CCOC(=O)[C@@H]1OC(CC)([C@@H](C)C(=O)CC)O[C@H]1C(=O)OCC. The fourth-order valence-electron chi connectivity index (χ4n) is 2.60. The Morgan fingerprint density at radius 1 is 0.957 bits per heavy atom. The van der Waals surface area contributed by atoms with Crippen LogP contribution in [-0.4, -0.2) is 48.9 Å². The van der Waals surface area contributed by atoms with Gasteiger partial charge in [-0.1, -0.05) is 20.8 Å². The molecule has 0 aliphatic carbocycles. The van der Waals surface area contributed by atoms with Gasteiger partial charge in [0.1, 0.15) is 5.78 Å². The van der Waals surface area contributed by atoms with Gasteiger partial charge in [-0.25, -0.2) is 9.59 Å². The number of ether oxygens (including phenoxy) is 4. The molecule has 0 aromatic carbocycles. The van der Waals surface area contributed by atoms with E-state index in [4.69, 9.17) is 18.9 Å². The van der Waals surface area contributed by atoms with Gasteiger partial charge >= 0.3 is 11.9 Å². The second-order valence-electron chi connectivity index (χ2n) is 5.29. The summed E-state index contributed by atoms with van der Waals surface area (Å²) in [4.78, 5) is 36.3. The van der Waals surface area contributed by atoms with Crippen molar-refractivity contribution in [1.29, 1.82) is 0 Å². The highest BCUT2D eigenvalue weighted by Crippen LogP contribution is 2.39. The third kappa shape index (κ3) is 4.09. The minimum Gasteiger partial charge on any atom is -0.464 e. The lowest BCUT2D eigenvalue weighted by atomic mass is 9.92. The summed E-state index contributed by atoms with van der Waals surface area (Å²) in [5.74, 6) is -3.41. The van der Waals surface area contributed by atoms with Crippen LogP contribution in [0.25, 0.3) is 0 Å². The van der Waals surface area contributed by atoms with E-state index in [1.807, 2.05) is 0 Å². The highest BCUT2D eigenvalue weighted by molar-refractivity contribution is 5.87. The predicted octanol–water partition coefficient (Wildman–Crippen LogP) is 1.62. The smallest absolute Gasteiger partial charge is 0.338 e. The summed E-state index contributed by atoms with van der Waals surface area (Å²) in [6.45, 7) is 8.80. The van der Waals surface area contributed by atoms with Crippen molar-refractivity contribution >= 4 is 17.7 Å². The minimum atomic E-state index is -1.33. The molecule has 7 nitrogen and oxygen atoms in total. The normalized spacial score (nSPS) is 24.0. The zero-order chi connectivity index (χ0) is 17.6. The van der Waals surface area contributed by atoms with E-state index >= 15 is 0 Å². The molecule has 0 aromatic heterocycles. The molecule has 0 bridgehead atoms. The topological polar surface area (TPSA) is 88.1 Å². The molecule has 3 atom stereocenters. The van der Waals surface area contributed by atoms with Gasteiger partial charge in [-0.3, -0.25) is 4.79 Å². The number of ketones is 1. The third-order valence-electron chi connectivity index (χ3n) is 3.95. The second-order valence-corrected chi connectivity index (χ2v) is 5.29. The molecule has 0 amide bonds. The maximum absolute atomic E-state index is 12.1. The average Bonchev–Trinajstić information content (AvgIpc) is 2.95. The van der Waals surface area contributed by atoms with Crippen LogP contribution in [0.5, 0.6) is 0 Å². The molecule has 1 saturated heterocycles. The molecule has 0 radical (unpaired) electrons. The molecule has 7 heteroatoms. The van der Waals surface area contributed by atoms with E-state index in [0.717, 1.165) is 0 Å². The molecule has 0 spiro atoms. The van der Waals surface area contributed by atoms with Crippen LogP contribution in [-0.2, 0) is 33.3 Å². The van der Waals surface area contributed by atoms with Gasteiger partial charge in [0.25, 0.3) is 0 Å². The van der Waals surface area contributed by atoms with E-state index in [2.05, 4.69) is 0 Å². The lowest BCUT2D eigenvalue weighted by Gasteiger charge is -2.31. The van der Waals surface area contributed by atoms with Gasteiger partial charge in [0.05, 0.1) is 19.1 Å². The number of carbonyl (C=O) groups excluding carboxylic acids is 3. The summed E-state index contributed by atoms with van der Waals surface area (Å²) in [7, 11) is 0. The number of Topliss-reactive ketones (excluding diaryl/α,β-unsaturated/α-hetero) is 1. The van der Waals surface area contributed by atoms with Gasteiger partial charge in [-0.05, 0) is 20.3 Å². The first-order valence-electron chi connectivity index (χ1n) is 8.08. The Morgan fingerprint density at radius 3 is 1.70 bits per heavy atom. The predicted molar refractivity (Wildman–Crippen MR) is 80.5 cm³/mol. The summed E-state index contributed by atoms with van der Waals surface area (Å²) >= 11 is 0. The second kappa shape index (κ2) is 8.40. The first-order chi connectivity index (χ1) is 10.9. The summed E-state index contributed by atoms with van der Waals surface area (Å²) < 4.78 is 21.4. The van der Waals surface area contributed by atoms with Gasteiger partial charge in [-0.15, -0.1) is 0 Å². The molecule has 0 aromatic rings. The molecule has 1 fully saturated rings. The fourth-order valence-corrected chi connectivity index (χ4v) is 2.60. The standard InChI is InChI=1S/C16H26O7/c1-6-11(17)10(5)16(7-2)22-12(14(18)20-8-3)13(23-16)15(19)21-9-4/h10,12-13H,6-9H2,1-5H3/t10-,12+,13+/m0/s1. The van der Waals surface area contributed by atoms with Gasteiger partial charge in [0, 0.05) is 6.42 Å². The maximum Gasteiger partial charge on any atom is 0.338 e. The summed E-state index contributed by atoms with van der Waals surface area (Å²) in [6.07, 6.45) is -1.85. The molecular formula is C16H26O7. The Balaban J connectivity index is 3.11. The van der Waals surface area contributed by atoms with Crippen LogP contribution in [0.3, 0.4) is 0 Å². The zero-order valence-corrected chi connectivity index (χ0v) is 14.4. The number of esters is 2. The van der Waals surface area contributed by atoms with E-state index in [9.17, 15) is 14.4 Å². The molecule has 1 aliphatic rings. The fraction of sp³-hybridized carbons (Fsp3) is 0.812. The first kappa shape index (κ1) is 19.6. The van der Waals surface area contributed by atoms with Crippen molar-refractivity contribution in [3.8, 4) is 0 Å². The van der Waals surface area contributed by atoms with Crippen molar-refractivity contribution in [3.63, 3.8) is 0 Å². The first-order valence-corrected chi connectivity index (χ1v) is 8.08. The van der Waals surface area contributed by atoms with Crippen LogP contribution >= 0.6 is 0 Å². The van der Waals surface area contributed by atoms with Gasteiger partial charge in [0.15, 0.2) is 18.0 Å². The van der Waals surface area contributed by atoms with Crippen molar-refractivity contribution in [3.05, 3.63) is 0 Å². The Kier molecular flexibility index (Phi) is 7.15. The van der Waals surface area contributed by atoms with Crippen LogP contribution < -0.4 is 0 Å². The highest BCUT2D eigenvalue weighted by Gasteiger charge is 2.57. The Hall–Kier alpha value is -1.47. The molecule has 23 heavy (non-hydrogen) atoms. The molecule has 1 aliphatic heterocycles. The van der Waals surface area contributed by atoms with E-state index in [1.54, 1.807) is 34.6 Å². The molecular weight excluding hydrogens is 304 g/mol. The number of hydrogen-bond acceptors (Lipinski definition) is 7. The lowest BCUT2D eigenvalue weighted by molar-refractivity contribution is -0.215. The molecule has 0 unspecified atom stereocenters. The van der Waals surface area contributed by atoms with Crippen LogP contribution in [0.1, 0.15) is 47.5 Å². The highest BCUT2D eigenvalue weighted by atomic mass is 16.8. The number of hydrogen-bond donors (Lipinski definition) is 0. The van der Waals surface area contributed by atoms with E-state index in [0.29, 0.717) is 12.8 Å². The molecule has 1 rings (SSSR count). The Labute approximate surface area is 136 Å². The lowest BCUT2D eigenvalue weighted by Crippen LogP contribution is -2.42. The van der Waals surface area contributed by atoms with E-state index in [1.165, 1.54) is 0 Å². The molecule has 0 saturated carbocycles. The van der Waals surface area contributed by atoms with E-state index < -0.39 is 35.9 Å². The summed E-state index contributed by atoms with van der Waals surface area (Å²) in [5.41, 5.74) is 0. The average molecular weight is 330 g/mol. The third-order valence-corrected chi connectivity index (χ3v) is 3.95. The van der Waals surface area contributed by atoms with Crippen molar-refractivity contribution < 1.29 is 33.3 Å². The quantitative estimate of drug-likeness (QED) is 0.625. The largest absolute Gasteiger partial charge is 0.464 e. The van der Waals surface area contributed by atoms with Crippen LogP contribution in [0.2, 0.25) is 0 Å². The maximum atomic E-state index is 12.1. The van der Waals surface area contributed by atoms with Crippen molar-refractivity contribution in [2.45, 2.75) is 65.5 Å². The Morgan fingerprint density at radius 2 is 1.39 bits per heavy atom. The van der Waals surface area contributed by atoms with Crippen LogP contribution in [0, 0.1) is 5.92 Å². The Bertz CT molecular complexity index is 420. The summed E-state index contributed by atoms with van der Waals surface area (Å²) in [6, 6.07) is 0. The van der Waals surface area contributed by atoms with Gasteiger partial charge < -0.3 is 18.9 Å². The molecule has 132 valence electrons. The molecule has 0 N–H and O–H groups in total. The van der Waals surface area contributed by atoms with Crippen molar-refractivity contribution in [1.82, 2.24) is 0 Å². The molecule has 1 heterocycles. The van der Waals surface area contributed by atoms with Gasteiger partial charge in [-0.2, -0.15) is 0 Å². The van der Waals surface area contributed by atoms with Crippen LogP contribution in [0.4, 0.5) is 0 Å². The van der Waals surface area contributed by atoms with Crippen molar-refractivity contribution in [2.24, 2.45) is 5.92 Å². The van der Waals surface area contributed by atoms with Crippen LogP contribution in [0.15, 0.2) is 0 Å². The van der Waals surface area contributed by atoms with E-state index in [-0.39, 0.29) is 19.0 Å². The number of rotatable bonds is 8.